The van der Waals surface area contributed by atoms with Gasteiger partial charge in [-0.3, -0.25) is 5.32 Å². The summed E-state index contributed by atoms with van der Waals surface area (Å²) in [7, 11) is 0. The molecule has 5 heterocycles. The van der Waals surface area contributed by atoms with E-state index >= 15 is 0 Å². The summed E-state index contributed by atoms with van der Waals surface area (Å²) in [6.45, 7) is 2.92. The molecule has 0 aliphatic heterocycles. The second-order valence-electron chi connectivity index (χ2n) is 9.65. The lowest BCUT2D eigenvalue weighted by atomic mass is 10.1. The molecule has 1 atom stereocenters. The van der Waals surface area contributed by atoms with Crippen molar-refractivity contribution in [2.24, 2.45) is 5.73 Å². The van der Waals surface area contributed by atoms with Gasteiger partial charge in [-0.05, 0) is 49.4 Å². The molecule has 0 spiro atoms. The number of nitrogens with zero attached hydrogens (tertiary/aromatic N) is 7. The van der Waals surface area contributed by atoms with Crippen LogP contribution in [0.4, 0.5) is 17.6 Å². The number of halogens is 5. The van der Waals surface area contributed by atoms with Crippen LogP contribution in [0.3, 0.4) is 0 Å². The topological polar surface area (TPSA) is 103 Å². The zero-order valence-electron chi connectivity index (χ0n) is 22.1. The van der Waals surface area contributed by atoms with Crippen molar-refractivity contribution in [2.75, 3.05) is 6.54 Å². The van der Waals surface area contributed by atoms with E-state index in [2.05, 4.69) is 44.8 Å². The van der Waals surface area contributed by atoms with Crippen LogP contribution in [0.25, 0.3) is 11.2 Å². The summed E-state index contributed by atoms with van der Waals surface area (Å²) in [6, 6.07) is 3.07. The monoisotopic (exact) mass is 611 g/mol. The first-order valence-electron chi connectivity index (χ1n) is 12.8. The Morgan fingerprint density at radius 1 is 1.12 bits per heavy atom. The molecule has 1 saturated carbocycles. The summed E-state index contributed by atoms with van der Waals surface area (Å²) < 4.78 is 60.9. The highest BCUT2D eigenvalue weighted by molar-refractivity contribution is 7.59. The van der Waals surface area contributed by atoms with Crippen LogP contribution in [-0.4, -0.2) is 46.5 Å². The number of rotatable bonds is 8. The predicted octanol–water partition coefficient (Wildman–Crippen LogP) is 5.15. The van der Waals surface area contributed by atoms with Crippen molar-refractivity contribution in [3.8, 4) is 0 Å². The van der Waals surface area contributed by atoms with Gasteiger partial charge in [-0.1, -0.05) is 29.8 Å². The van der Waals surface area contributed by atoms with Gasteiger partial charge in [-0.15, -0.1) is 5.10 Å². The fourth-order valence-electron chi connectivity index (χ4n) is 4.29. The van der Waals surface area contributed by atoms with E-state index in [9.17, 15) is 17.6 Å². The molecule has 41 heavy (non-hydrogen) atoms. The number of fused-ring (bicyclic) bond motifs is 2. The number of aromatic nitrogens is 7. The SMILES string of the molecule is CCCN.Fc1c(Cl)ccn2cnc(C(NCc3cn(Cc4cn5cc(C6CC6)ccc5n4)nn3)C(F)(F)F)c12.S. The van der Waals surface area contributed by atoms with Gasteiger partial charge in [0.25, 0.3) is 0 Å². The van der Waals surface area contributed by atoms with E-state index in [4.69, 9.17) is 17.3 Å². The summed E-state index contributed by atoms with van der Waals surface area (Å²) >= 11 is 5.78. The lowest BCUT2D eigenvalue weighted by Gasteiger charge is -2.20. The van der Waals surface area contributed by atoms with E-state index in [0.29, 0.717) is 12.5 Å². The van der Waals surface area contributed by atoms with Crippen LogP contribution in [0.1, 0.15) is 60.8 Å². The Kier molecular flexibility index (Phi) is 9.57. The number of hydrogen-bond acceptors (Lipinski definition) is 6. The van der Waals surface area contributed by atoms with Crippen LogP contribution < -0.4 is 11.1 Å². The molecule has 1 unspecified atom stereocenters. The Morgan fingerprint density at radius 3 is 2.56 bits per heavy atom. The van der Waals surface area contributed by atoms with E-state index in [1.165, 1.54) is 35.4 Å². The number of hydrogen-bond donors (Lipinski definition) is 2. The number of nitrogens with two attached hydrogens (primary N) is 1. The van der Waals surface area contributed by atoms with Crippen molar-refractivity contribution in [1.29, 1.82) is 0 Å². The second-order valence-corrected chi connectivity index (χ2v) is 10.1. The van der Waals surface area contributed by atoms with Crippen molar-refractivity contribution in [3.05, 3.63) is 82.8 Å². The van der Waals surface area contributed by atoms with Crippen LogP contribution in [0.2, 0.25) is 5.02 Å². The van der Waals surface area contributed by atoms with Crippen molar-refractivity contribution in [3.63, 3.8) is 0 Å². The molecule has 3 N–H and O–H groups in total. The Labute approximate surface area is 245 Å². The van der Waals surface area contributed by atoms with Gasteiger partial charge in [0.2, 0.25) is 0 Å². The molecule has 5 aromatic heterocycles. The van der Waals surface area contributed by atoms with Gasteiger partial charge >= 0.3 is 6.18 Å². The van der Waals surface area contributed by atoms with Crippen molar-refractivity contribution in [2.45, 2.75) is 57.4 Å². The maximum Gasteiger partial charge on any atom is 0.409 e. The molecule has 5 aromatic rings. The largest absolute Gasteiger partial charge is 0.409 e. The molecule has 1 fully saturated rings. The molecule has 9 nitrogen and oxygen atoms in total. The second kappa shape index (κ2) is 12.8. The third-order valence-corrected chi connectivity index (χ3v) is 6.77. The van der Waals surface area contributed by atoms with Gasteiger partial charge in [0.15, 0.2) is 5.82 Å². The van der Waals surface area contributed by atoms with E-state index in [1.807, 2.05) is 16.7 Å². The van der Waals surface area contributed by atoms with Crippen LogP contribution in [-0.2, 0) is 13.1 Å². The van der Waals surface area contributed by atoms with Gasteiger partial charge in [0.05, 0.1) is 41.2 Å². The minimum atomic E-state index is -4.74. The molecule has 1 aliphatic rings. The van der Waals surface area contributed by atoms with Gasteiger partial charge in [0.1, 0.15) is 17.2 Å². The molecule has 220 valence electrons. The van der Waals surface area contributed by atoms with Crippen LogP contribution in [0.15, 0.2) is 49.3 Å². The highest BCUT2D eigenvalue weighted by Crippen LogP contribution is 2.40. The molecular formula is C26H30ClF4N9S. The summed E-state index contributed by atoms with van der Waals surface area (Å²) in [6.07, 6.45) is 6.76. The third kappa shape index (κ3) is 7.00. The molecule has 0 radical (unpaired) electrons. The Balaban J connectivity index is 0.000000729. The molecule has 1 aliphatic carbocycles. The third-order valence-electron chi connectivity index (χ3n) is 6.48. The van der Waals surface area contributed by atoms with E-state index < -0.39 is 23.7 Å². The fraction of sp³-hybridized carbons (Fsp3) is 0.385. The number of imidazole rings is 2. The molecule has 0 bridgehead atoms. The maximum atomic E-state index is 14.5. The lowest BCUT2D eigenvalue weighted by Crippen LogP contribution is -2.34. The number of nitrogens with one attached hydrogen (secondary N) is 1. The van der Waals surface area contributed by atoms with Gasteiger partial charge in [-0.25, -0.2) is 19.0 Å². The average molecular weight is 612 g/mol. The first-order valence-corrected chi connectivity index (χ1v) is 13.2. The molecule has 6 rings (SSSR count). The maximum absolute atomic E-state index is 14.5. The fourth-order valence-corrected chi connectivity index (χ4v) is 4.44. The molecule has 0 saturated heterocycles. The minimum absolute atomic E-state index is 0. The van der Waals surface area contributed by atoms with Crippen molar-refractivity contribution in [1.82, 2.24) is 39.1 Å². The van der Waals surface area contributed by atoms with E-state index in [1.54, 1.807) is 6.20 Å². The zero-order valence-corrected chi connectivity index (χ0v) is 23.9. The van der Waals surface area contributed by atoms with E-state index in [-0.39, 0.29) is 36.3 Å². The Hall–Kier alpha value is -3.20. The van der Waals surface area contributed by atoms with Crippen molar-refractivity contribution >= 4 is 36.3 Å². The first kappa shape index (κ1) is 30.8. The Morgan fingerprint density at radius 2 is 1.88 bits per heavy atom. The summed E-state index contributed by atoms with van der Waals surface area (Å²) in [5, 5.41) is 10.1. The highest BCUT2D eigenvalue weighted by Gasteiger charge is 2.43. The highest BCUT2D eigenvalue weighted by atomic mass is 35.5. The predicted molar refractivity (Wildman–Crippen MR) is 152 cm³/mol. The summed E-state index contributed by atoms with van der Waals surface area (Å²) in [5.41, 5.74) is 7.31. The van der Waals surface area contributed by atoms with Gasteiger partial charge < -0.3 is 14.5 Å². The van der Waals surface area contributed by atoms with Crippen molar-refractivity contribution < 1.29 is 17.6 Å². The smallest absolute Gasteiger partial charge is 0.330 e. The minimum Gasteiger partial charge on any atom is -0.330 e. The summed E-state index contributed by atoms with van der Waals surface area (Å²) in [4.78, 5) is 8.38. The normalized spacial score (nSPS) is 14.1. The molecule has 0 aromatic carbocycles. The standard InChI is InChI=1S/C23H19ClF4N8.C3H9N.H2S/c24-17-5-6-34-12-30-20(21(34)19(17)25)22(23(26,27)28)29-7-15-10-36(33-32-15)11-16-9-35-8-14(13-1-2-13)3-4-18(35)31-16;1-2-3-4;/h3-6,8-10,12-13,22,29H,1-2,7,11H2;2-4H2,1H3;1H2. The zero-order chi connectivity index (χ0) is 28.4. The van der Waals surface area contributed by atoms with Crippen LogP contribution in [0.5, 0.6) is 0 Å². The average Bonchev–Trinajstić information content (AvgIpc) is 3.34. The first-order chi connectivity index (χ1) is 19.2. The summed E-state index contributed by atoms with van der Waals surface area (Å²) in [5.74, 6) is -0.342. The lowest BCUT2D eigenvalue weighted by molar-refractivity contribution is -0.158. The number of alkyl halides is 3. The van der Waals surface area contributed by atoms with E-state index in [0.717, 1.165) is 35.0 Å². The Bertz CT molecular complexity index is 1610. The van der Waals surface area contributed by atoms with Gasteiger partial charge in [-0.2, -0.15) is 26.7 Å². The quantitative estimate of drug-likeness (QED) is 0.235. The molecule has 15 heteroatoms. The molecule has 0 amide bonds. The molecular weight excluding hydrogens is 582 g/mol. The van der Waals surface area contributed by atoms with Gasteiger partial charge in [0, 0.05) is 25.1 Å². The van der Waals surface area contributed by atoms with Crippen LogP contribution in [0, 0.1) is 5.82 Å². The number of pyridine rings is 2. The van der Waals surface area contributed by atoms with Crippen LogP contribution >= 0.6 is 25.1 Å².